The monoisotopic (exact) mass is 1070 g/mol. The van der Waals surface area contributed by atoms with E-state index in [1.54, 1.807) is 31.1 Å². The second kappa shape index (κ2) is 26.4. The standard InChI is InChI=1S/C19H15FN2O4.C14H20ClNO2.C11H13Cl2NO3.C3H8NO5P/c1-2-7-21-15-9-14(13(20)8-16(15)26-10-17(21)23)22-18(24)11-5-3-4-6-12(11)19(22)25;1-4-12-8-6-7-11(3)14(12)16(10-18-5-2)13(17)9-15;1-11(2)14(10(15)9(12)13)6-8(17-11)7-4-3-5-16-7;5-3(6)1-4-2-10(7,8)9/h1,8-9H,3-7,10H2;6-8H,4-5,9-10H2,1-3H3;3-5,8-9H,6H2,1-2H3;4H,1-2H2,(H,5,6)(H2,7,8,9). The number of halogens is 4. The quantitative estimate of drug-likeness (QED) is 0.0439. The molecule has 3 aromatic rings. The third-order valence-corrected chi connectivity index (χ3v) is 12.2. The van der Waals surface area contributed by atoms with E-state index >= 15 is 0 Å². The van der Waals surface area contributed by atoms with E-state index < -0.39 is 54.6 Å². The minimum atomic E-state index is -4.10. The van der Waals surface area contributed by atoms with E-state index in [1.165, 1.54) is 15.9 Å². The lowest BCUT2D eigenvalue weighted by molar-refractivity contribution is -0.144. The molecule has 19 nitrogen and oxygen atoms in total. The minimum absolute atomic E-state index is 0.0170. The highest BCUT2D eigenvalue weighted by atomic mass is 35.5. The Morgan fingerprint density at radius 3 is 2.25 bits per heavy atom. The summed E-state index contributed by atoms with van der Waals surface area (Å²) in [5.41, 5.74) is 3.38. The lowest BCUT2D eigenvalue weighted by Crippen LogP contribution is -2.45. The summed E-state index contributed by atoms with van der Waals surface area (Å²) >= 11 is 16.9. The van der Waals surface area contributed by atoms with Gasteiger partial charge < -0.3 is 38.4 Å². The van der Waals surface area contributed by atoms with Gasteiger partial charge in [-0.25, -0.2) is 9.29 Å². The predicted molar refractivity (Wildman–Crippen MR) is 263 cm³/mol. The van der Waals surface area contributed by atoms with Gasteiger partial charge in [-0.05, 0) is 89.1 Å². The average molecular weight is 1070 g/mol. The van der Waals surface area contributed by atoms with E-state index in [0.717, 1.165) is 47.0 Å². The fourth-order valence-corrected chi connectivity index (χ4v) is 8.53. The fraction of sp³-hybridized carbons (Fsp3) is 0.447. The molecule has 1 unspecified atom stereocenters. The van der Waals surface area contributed by atoms with Gasteiger partial charge in [0.2, 0.25) is 5.91 Å². The first-order valence-corrected chi connectivity index (χ1v) is 25.3. The van der Waals surface area contributed by atoms with Gasteiger partial charge in [0.15, 0.2) is 17.3 Å². The first-order chi connectivity index (χ1) is 33.5. The van der Waals surface area contributed by atoms with Gasteiger partial charge >= 0.3 is 13.6 Å². The van der Waals surface area contributed by atoms with Crippen molar-refractivity contribution in [2.45, 2.75) is 83.4 Å². The van der Waals surface area contributed by atoms with Crippen LogP contribution in [0.2, 0.25) is 0 Å². The van der Waals surface area contributed by atoms with E-state index in [0.29, 0.717) is 42.9 Å². The molecule has 5 amide bonds. The van der Waals surface area contributed by atoms with E-state index in [1.807, 2.05) is 38.1 Å². The number of ether oxygens (including phenoxy) is 3. The van der Waals surface area contributed by atoms with Crippen molar-refractivity contribution in [2.75, 3.05) is 66.4 Å². The third-order valence-electron chi connectivity index (χ3n) is 11.0. The van der Waals surface area contributed by atoms with Gasteiger partial charge in [-0.1, -0.05) is 54.2 Å². The summed E-state index contributed by atoms with van der Waals surface area (Å²) in [6, 6.07) is 12.0. The number of benzene rings is 2. The van der Waals surface area contributed by atoms with Crippen LogP contribution in [0.4, 0.5) is 21.5 Å². The molecule has 0 spiro atoms. The van der Waals surface area contributed by atoms with E-state index in [9.17, 15) is 37.7 Å². The molecule has 71 heavy (non-hydrogen) atoms. The highest BCUT2D eigenvalue weighted by Crippen LogP contribution is 2.42. The van der Waals surface area contributed by atoms with Crippen molar-refractivity contribution in [1.82, 2.24) is 10.2 Å². The summed E-state index contributed by atoms with van der Waals surface area (Å²) in [5.74, 6) is -0.572. The molecule has 4 N–H and O–H groups in total. The van der Waals surface area contributed by atoms with Crippen LogP contribution in [0.1, 0.15) is 76.4 Å². The second-order valence-electron chi connectivity index (χ2n) is 16.3. The molecule has 4 heterocycles. The van der Waals surface area contributed by atoms with Crippen LogP contribution < -0.4 is 24.8 Å². The van der Waals surface area contributed by atoms with Crippen LogP contribution in [0.5, 0.6) is 5.75 Å². The van der Waals surface area contributed by atoms with Gasteiger partial charge in [-0.15, -0.1) is 18.0 Å². The molecule has 1 aromatic heterocycles. The van der Waals surface area contributed by atoms with E-state index in [2.05, 4.69) is 18.2 Å². The topological polar surface area (TPSA) is 246 Å². The molecule has 1 fully saturated rings. The number of terminal acetylenes is 1. The molecule has 7 rings (SSSR count). The summed E-state index contributed by atoms with van der Waals surface area (Å²) in [6.45, 7) is 10.1. The van der Waals surface area contributed by atoms with Crippen LogP contribution >= 0.6 is 42.4 Å². The minimum Gasteiger partial charge on any atom is -0.481 e. The van der Waals surface area contributed by atoms with Gasteiger partial charge in [0.05, 0.1) is 49.2 Å². The maximum absolute atomic E-state index is 14.7. The molecule has 0 saturated carbocycles. The zero-order valence-corrected chi connectivity index (χ0v) is 42.8. The van der Waals surface area contributed by atoms with Crippen LogP contribution in [-0.4, -0.2) is 118 Å². The number of nitrogens with one attached hydrogen (secondary N) is 1. The number of rotatable bonds is 14. The maximum Gasteiger partial charge on any atom is 0.339 e. The molecule has 2 aromatic carbocycles. The molecule has 3 aliphatic heterocycles. The summed E-state index contributed by atoms with van der Waals surface area (Å²) in [7, 11) is -4.10. The number of alkyl halides is 3. The number of anilines is 3. The number of imide groups is 1. The van der Waals surface area contributed by atoms with Gasteiger partial charge in [-0.3, -0.25) is 48.4 Å². The Hall–Kier alpha value is -5.33. The second-order valence-corrected chi connectivity index (χ2v) is 19.3. The Bertz CT molecular complexity index is 2520. The number of hydrogen-bond donors (Lipinski definition) is 4. The molecule has 24 heteroatoms. The summed E-state index contributed by atoms with van der Waals surface area (Å²) in [5, 5.41) is 10.1. The van der Waals surface area contributed by atoms with Gasteiger partial charge in [0.25, 0.3) is 23.6 Å². The lowest BCUT2D eigenvalue weighted by Gasteiger charge is -2.29. The molecule has 1 saturated heterocycles. The maximum atomic E-state index is 14.7. The SMILES string of the molecule is C#CCN1C(=O)COc2cc(F)c(N3C(=O)C4=C(CCCC4)C3=O)cc21.CC1(C)OC(c2ccco2)CN1C(=O)C(Cl)Cl.CCOCN(C(=O)CCl)c1c(C)cccc1CC.O=C(O)CNCP(=O)(O)O. The van der Waals surface area contributed by atoms with Crippen molar-refractivity contribution < 1.29 is 71.2 Å². The number of aryl methyl sites for hydroxylation is 2. The highest BCUT2D eigenvalue weighted by molar-refractivity contribution is 7.51. The molecule has 1 atom stereocenters. The van der Waals surface area contributed by atoms with Crippen LogP contribution in [0.25, 0.3) is 0 Å². The first kappa shape index (κ1) is 58.2. The number of fused-ring (bicyclic) bond motifs is 1. The molecule has 386 valence electrons. The zero-order valence-electron chi connectivity index (χ0n) is 39.6. The Morgan fingerprint density at radius 1 is 1.06 bits per heavy atom. The third kappa shape index (κ3) is 15.3. The summed E-state index contributed by atoms with van der Waals surface area (Å²) < 4.78 is 46.4. The lowest BCUT2D eigenvalue weighted by atomic mass is 9.93. The summed E-state index contributed by atoms with van der Waals surface area (Å²) in [4.78, 5) is 91.5. The Morgan fingerprint density at radius 2 is 1.72 bits per heavy atom. The van der Waals surface area contributed by atoms with Gasteiger partial charge in [0.1, 0.15) is 35.9 Å². The predicted octanol–water partition coefficient (Wildman–Crippen LogP) is 6.57. The number of para-hydroxylation sites is 1. The number of carbonyl (C=O) groups is 6. The van der Waals surface area contributed by atoms with Crippen LogP contribution in [0.3, 0.4) is 0 Å². The molecule has 0 bridgehead atoms. The Balaban J connectivity index is 0.000000217. The van der Waals surface area contributed by atoms with Crippen LogP contribution in [0.15, 0.2) is 64.3 Å². The summed E-state index contributed by atoms with van der Waals surface area (Å²) in [6.07, 6.45) is 9.57. The van der Waals surface area contributed by atoms with Gasteiger partial charge in [0, 0.05) is 23.8 Å². The number of amides is 5. The molecular weight excluding hydrogens is 1010 g/mol. The van der Waals surface area contributed by atoms with Crippen molar-refractivity contribution in [3.8, 4) is 18.1 Å². The van der Waals surface area contributed by atoms with E-state index in [4.69, 9.17) is 74.7 Å². The Labute approximate surface area is 425 Å². The number of carbonyl (C=O) groups excluding carboxylic acids is 5. The number of nitrogens with zero attached hydrogens (tertiary/aromatic N) is 4. The number of furan rings is 1. The number of hydrogen-bond acceptors (Lipinski definition) is 12. The van der Waals surface area contributed by atoms with Crippen molar-refractivity contribution in [3.05, 3.63) is 82.6 Å². The van der Waals surface area contributed by atoms with E-state index in [-0.39, 0.29) is 66.7 Å². The zero-order chi connectivity index (χ0) is 52.8. The van der Waals surface area contributed by atoms with Crippen molar-refractivity contribution in [3.63, 3.8) is 0 Å². The molecular formula is C47H56Cl3FN5O14P. The highest BCUT2D eigenvalue weighted by Gasteiger charge is 2.45. The molecule has 1 aliphatic carbocycles. The van der Waals surface area contributed by atoms with Crippen molar-refractivity contribution in [2.24, 2.45) is 0 Å². The van der Waals surface area contributed by atoms with Crippen LogP contribution in [0, 0.1) is 25.1 Å². The first-order valence-electron chi connectivity index (χ1n) is 22.1. The average Bonchev–Trinajstić information content (AvgIpc) is 4.04. The normalized spacial score (nSPS) is 16.9. The number of aliphatic carboxylic acids is 1. The van der Waals surface area contributed by atoms with Gasteiger partial charge in [-0.2, -0.15) is 0 Å². The Kier molecular flexibility index (Phi) is 21.6. The smallest absolute Gasteiger partial charge is 0.339 e. The van der Waals surface area contributed by atoms with Crippen molar-refractivity contribution in [1.29, 1.82) is 0 Å². The van der Waals surface area contributed by atoms with Crippen molar-refractivity contribution >= 4 is 95.0 Å². The molecule has 0 radical (unpaired) electrons. The number of carboxylic acid groups (broad SMARTS) is 1. The fourth-order valence-electron chi connectivity index (χ4n) is 7.75. The number of carboxylic acids is 1. The largest absolute Gasteiger partial charge is 0.481 e. The molecule has 4 aliphatic rings. The van der Waals surface area contributed by atoms with Crippen LogP contribution in [-0.2, 0) is 49.2 Å².